The van der Waals surface area contributed by atoms with Crippen LogP contribution in [0.2, 0.25) is 0 Å². The molecule has 0 bridgehead atoms. The second-order valence-electron chi connectivity index (χ2n) is 25.9. The van der Waals surface area contributed by atoms with E-state index in [4.69, 9.17) is 22.7 Å². The number of aromatic nitrogens is 4. The number of carbonyl (C=O) groups excluding carboxylic acids is 2. The van der Waals surface area contributed by atoms with E-state index in [1.165, 1.54) is 70.2 Å². The van der Waals surface area contributed by atoms with Gasteiger partial charge in [0.1, 0.15) is 11.3 Å². The molecule has 12 rings (SSSR count). The average Bonchev–Trinajstić information content (AvgIpc) is 0.822. The molecule has 0 amide bonds. The van der Waals surface area contributed by atoms with Crippen molar-refractivity contribution in [1.82, 2.24) is 19.9 Å². The van der Waals surface area contributed by atoms with Gasteiger partial charge in [-0.2, -0.15) is 0 Å². The minimum Gasteiger partial charge on any atom is -0.616 e. The average molecular weight is 1900 g/mol. The van der Waals surface area contributed by atoms with E-state index < -0.39 is 15.9 Å². The minimum absolute atomic E-state index is 0. The number of aliphatic hydroxyl groups excluding tert-OH is 2. The Balaban J connectivity index is 0.000000268. The van der Waals surface area contributed by atoms with Crippen LogP contribution in [0, 0.1) is 77.5 Å². The second kappa shape index (κ2) is 44.2. The van der Waals surface area contributed by atoms with Crippen LogP contribution < -0.4 is 7.58 Å². The molecule has 0 aliphatic rings. The third kappa shape index (κ3) is 29.5. The van der Waals surface area contributed by atoms with Gasteiger partial charge >= 0.3 is 15.9 Å². The van der Waals surface area contributed by atoms with Crippen molar-refractivity contribution in [3.8, 4) is 56.4 Å². The number of hydrogen-bond acceptors (Lipinski definition) is 10. The first-order valence-corrected chi connectivity index (χ1v) is 34.5. The van der Waals surface area contributed by atoms with Crippen LogP contribution in [-0.2, 0) is 76.3 Å². The van der Waals surface area contributed by atoms with E-state index in [2.05, 4.69) is 186 Å². The predicted octanol–water partition coefficient (Wildman–Crippen LogP) is 22.0. The SMILES string of the molecule is CC(=O)C=C(C)O.CC(C)CC(=O)C=C(O)CC(C)C.Cc1[c-]c(-c2ccc3ccc(CC(C)C)cc3n2)cc(C)c1.Cc1[c-]c(-c2ccc3ccccc3n2)cc(C)c1.Cc1ccc2cccc([O][Al][O]c3ccc(-c4ccccc4)cc3)c2n1.Cc1cccnc1-c1[c-]cccc1.[Ir].[Ir].[Ir]. The standard InChI is InChI=1S/C21H22N.C17H14N.C12H10N.C12H10O.C11H20O2.C10H9NO.C5H8O2.Al.3Ir/c1-14(2)9-17-5-6-18-7-8-20(22-21(18)13-17)19-11-15(3)10-16(4)12-19;1-12-9-13(2)11-15(10-12)17-8-7-14-5-3-4-6-16(14)18-17;1-10-6-5-9-13-12(10)11-7-3-2-4-8-11;13-12-8-6-11(7-9-12)10-4-2-1-3-5-10;1-8(2)5-10(12)7-11(13)6-9(3)4;1-7-5-6-8-3-2-4-9(12)10(8)11-7;1-4(6)3-5(2)7;;;;/h5-8,10-11,13-14H,9H2,1-4H3;3-10H,1-2H3;2-7,9H,1H3;1-9,13H;7-9,12H,5-6H2,1-4H3;2-6,12H,1H3;3,6H,1-2H3;;;;/q3*-1;;;;;+2;;;/p-2. The van der Waals surface area contributed by atoms with Gasteiger partial charge in [0.15, 0.2) is 11.6 Å². The molecule has 102 heavy (non-hydrogen) atoms. The predicted molar refractivity (Wildman–Crippen MR) is 410 cm³/mol. The summed E-state index contributed by atoms with van der Waals surface area (Å²) in [6.45, 7) is 27.8. The Bertz CT molecular complexity index is 4620. The van der Waals surface area contributed by atoms with Gasteiger partial charge in [-0.3, -0.25) is 19.6 Å². The van der Waals surface area contributed by atoms with Gasteiger partial charge in [0.05, 0.1) is 28.3 Å². The molecule has 0 atom stereocenters. The number of rotatable bonds is 16. The zero-order valence-corrected chi connectivity index (χ0v) is 69.0. The molecule has 8 aromatic carbocycles. The largest absolute Gasteiger partial charge is 0.881 e. The molecule has 0 saturated heterocycles. The fraction of sp³-hybridized carbons (Fsp3) is 0.227. The van der Waals surface area contributed by atoms with Crippen molar-refractivity contribution >= 4 is 60.2 Å². The van der Waals surface area contributed by atoms with Gasteiger partial charge in [-0.05, 0) is 139 Å². The molecule has 532 valence electrons. The Hall–Kier alpha value is -8.36. The van der Waals surface area contributed by atoms with Crippen molar-refractivity contribution in [1.29, 1.82) is 0 Å². The van der Waals surface area contributed by atoms with E-state index in [1.54, 1.807) is 0 Å². The van der Waals surface area contributed by atoms with E-state index in [0.29, 0.717) is 30.6 Å². The normalized spacial score (nSPS) is 10.7. The summed E-state index contributed by atoms with van der Waals surface area (Å²) < 4.78 is 11.7. The molecule has 0 aliphatic heterocycles. The first-order valence-electron chi connectivity index (χ1n) is 33.6. The van der Waals surface area contributed by atoms with Crippen LogP contribution >= 0.6 is 0 Å². The van der Waals surface area contributed by atoms with Crippen LogP contribution in [-0.4, -0.2) is 57.6 Å². The molecule has 14 heteroatoms. The van der Waals surface area contributed by atoms with E-state index in [9.17, 15) is 14.7 Å². The number of aliphatic hydroxyl groups is 2. The Labute approximate surface area is 652 Å². The maximum absolute atomic E-state index is 11.2. The van der Waals surface area contributed by atoms with Crippen molar-refractivity contribution in [3.05, 3.63) is 299 Å². The summed E-state index contributed by atoms with van der Waals surface area (Å²) in [5.41, 5.74) is 19.9. The van der Waals surface area contributed by atoms with E-state index in [-0.39, 0.29) is 83.4 Å². The molecular weight excluding hydrogens is 1810 g/mol. The molecule has 4 aromatic heterocycles. The van der Waals surface area contributed by atoms with Gasteiger partial charge in [0, 0.05) is 103 Å². The van der Waals surface area contributed by atoms with Gasteiger partial charge in [-0.25, -0.2) is 4.98 Å². The number of ketones is 2. The molecule has 0 aliphatic carbocycles. The molecule has 12 aromatic rings. The number of hydrogen-bond donors (Lipinski definition) is 2. The Morgan fingerprint density at radius 2 is 1.08 bits per heavy atom. The molecule has 10 nitrogen and oxygen atoms in total. The summed E-state index contributed by atoms with van der Waals surface area (Å²) in [6, 6.07) is 82.0. The minimum atomic E-state index is -0.665. The van der Waals surface area contributed by atoms with Crippen molar-refractivity contribution in [3.63, 3.8) is 0 Å². The smallest absolute Gasteiger partial charge is 0.616 e. The van der Waals surface area contributed by atoms with Crippen LogP contribution in [0.4, 0.5) is 0 Å². The summed E-state index contributed by atoms with van der Waals surface area (Å²) in [5.74, 6) is 3.15. The number of para-hydroxylation sites is 2. The zero-order chi connectivity index (χ0) is 71.4. The van der Waals surface area contributed by atoms with Gasteiger partial charge in [0.25, 0.3) is 0 Å². The second-order valence-corrected chi connectivity index (χ2v) is 26.5. The maximum atomic E-state index is 11.2. The van der Waals surface area contributed by atoms with Crippen molar-refractivity contribution < 1.29 is 87.7 Å². The van der Waals surface area contributed by atoms with Crippen LogP contribution in [0.25, 0.3) is 77.6 Å². The van der Waals surface area contributed by atoms with Crippen molar-refractivity contribution in [2.75, 3.05) is 0 Å². The Morgan fingerprint density at radius 1 is 0.510 bits per heavy atom. The number of pyridine rings is 4. The molecule has 2 N–H and O–H groups in total. The fourth-order valence-electron chi connectivity index (χ4n) is 10.7. The van der Waals surface area contributed by atoms with E-state index in [1.807, 2.05) is 144 Å². The van der Waals surface area contributed by atoms with E-state index >= 15 is 0 Å². The summed E-state index contributed by atoms with van der Waals surface area (Å²) in [4.78, 5) is 39.7. The quantitative estimate of drug-likeness (QED) is 0.0415. The van der Waals surface area contributed by atoms with E-state index in [0.717, 1.165) is 90.4 Å². The zero-order valence-electron chi connectivity index (χ0n) is 60.7. The number of carbonyl (C=O) groups is 2. The molecule has 0 saturated carbocycles. The molecule has 0 unspecified atom stereocenters. The fourth-order valence-corrected chi connectivity index (χ4v) is 11.3. The first kappa shape index (κ1) is 86.0. The summed E-state index contributed by atoms with van der Waals surface area (Å²) in [6.07, 6.45) is 6.53. The molecular formula is C88H91AlIr3N4O6-3. The van der Waals surface area contributed by atoms with Crippen LogP contribution in [0.5, 0.6) is 11.5 Å². The maximum Gasteiger partial charge on any atom is 0.881 e. The van der Waals surface area contributed by atoms with Gasteiger partial charge in [0.2, 0.25) is 0 Å². The monoisotopic (exact) mass is 1910 g/mol. The molecule has 0 fully saturated rings. The third-order valence-corrected chi connectivity index (χ3v) is 15.6. The van der Waals surface area contributed by atoms with Crippen molar-refractivity contribution in [2.24, 2.45) is 17.8 Å². The number of benzene rings is 8. The van der Waals surface area contributed by atoms with Gasteiger partial charge in [-0.15, -0.1) is 106 Å². The van der Waals surface area contributed by atoms with Crippen LogP contribution in [0.3, 0.4) is 0 Å². The first-order chi connectivity index (χ1) is 47.4. The summed E-state index contributed by atoms with van der Waals surface area (Å²) in [7, 11) is 0. The molecule has 4 radical (unpaired) electrons. The number of nitrogens with zero attached hydrogens (tertiary/aromatic N) is 4. The Morgan fingerprint density at radius 3 is 1.65 bits per heavy atom. The third-order valence-electron chi connectivity index (χ3n) is 14.9. The Kier molecular flexibility index (Phi) is 37.3. The topological polar surface area (TPSA) is 145 Å². The van der Waals surface area contributed by atoms with Crippen LogP contribution in [0.15, 0.2) is 242 Å². The summed E-state index contributed by atoms with van der Waals surface area (Å²) >= 11 is -0.665. The van der Waals surface area contributed by atoms with Crippen LogP contribution in [0.1, 0.15) is 107 Å². The molecule has 0 spiro atoms. The van der Waals surface area contributed by atoms with Gasteiger partial charge in [-0.1, -0.05) is 196 Å². The number of aryl methyl sites for hydroxylation is 6. The van der Waals surface area contributed by atoms with Crippen molar-refractivity contribution in [2.45, 2.75) is 116 Å². The molecule has 4 heterocycles. The number of allylic oxidation sites excluding steroid dienone is 4. The van der Waals surface area contributed by atoms with Gasteiger partial charge < -0.3 is 22.8 Å². The summed E-state index contributed by atoms with van der Waals surface area (Å²) in [5, 5.41) is 21.1. The number of fused-ring (bicyclic) bond motifs is 3.